The molecule has 9 nitrogen and oxygen atoms in total. The zero-order valence-corrected chi connectivity index (χ0v) is 17.2. The van der Waals surface area contributed by atoms with E-state index >= 15 is 0 Å². The maximum atomic E-state index is 12.5. The Kier molecular flexibility index (Phi) is 5.49. The Morgan fingerprint density at radius 3 is 2.61 bits per heavy atom. The van der Waals surface area contributed by atoms with E-state index in [4.69, 9.17) is 9.15 Å². The molecule has 1 aliphatic rings. The number of carbonyl (C=O) groups is 2. The minimum Gasteiger partial charge on any atom is -0.479 e. The molecule has 1 atom stereocenters. The Hall–Kier alpha value is -3.63. The van der Waals surface area contributed by atoms with Crippen molar-refractivity contribution in [1.82, 2.24) is 4.72 Å². The van der Waals surface area contributed by atoms with Gasteiger partial charge in [-0.25, -0.2) is 13.1 Å². The fourth-order valence-electron chi connectivity index (χ4n) is 2.94. The van der Waals surface area contributed by atoms with Crippen molar-refractivity contribution in [3.05, 3.63) is 72.2 Å². The predicted molar refractivity (Wildman–Crippen MR) is 112 cm³/mol. The fraction of sp³-hybridized carbons (Fsp3) is 0.143. The molecule has 0 spiro atoms. The van der Waals surface area contributed by atoms with Gasteiger partial charge in [0.05, 0.1) is 23.4 Å². The maximum Gasteiger partial charge on any atom is 0.265 e. The number of anilines is 2. The molecule has 2 amide bonds. The van der Waals surface area contributed by atoms with Crippen LogP contribution in [-0.4, -0.2) is 26.3 Å². The fourth-order valence-corrected chi connectivity index (χ4v) is 3.93. The predicted octanol–water partition coefficient (Wildman–Crippen LogP) is 2.73. The molecule has 1 aliphatic heterocycles. The van der Waals surface area contributed by atoms with Gasteiger partial charge in [-0.2, -0.15) is 0 Å². The molecule has 0 fully saturated rings. The molecule has 160 valence electrons. The first-order valence-electron chi connectivity index (χ1n) is 9.37. The Balaban J connectivity index is 1.43. The largest absolute Gasteiger partial charge is 0.479 e. The summed E-state index contributed by atoms with van der Waals surface area (Å²) < 4.78 is 37.8. The molecule has 3 aromatic rings. The third kappa shape index (κ3) is 4.60. The number of carbonyl (C=O) groups excluding carboxylic acids is 2. The third-order valence-electron chi connectivity index (χ3n) is 4.61. The molecule has 0 saturated heterocycles. The smallest absolute Gasteiger partial charge is 0.265 e. The molecular formula is C21H19N3O6S. The van der Waals surface area contributed by atoms with Crippen molar-refractivity contribution in [2.45, 2.75) is 24.5 Å². The first-order valence-corrected chi connectivity index (χ1v) is 10.9. The number of benzene rings is 2. The van der Waals surface area contributed by atoms with Crippen molar-refractivity contribution >= 4 is 33.2 Å². The summed E-state index contributed by atoms with van der Waals surface area (Å²) in [5, 5.41) is 5.43. The van der Waals surface area contributed by atoms with Crippen molar-refractivity contribution in [3.8, 4) is 5.75 Å². The van der Waals surface area contributed by atoms with Crippen LogP contribution in [0.3, 0.4) is 0 Å². The van der Waals surface area contributed by atoms with Gasteiger partial charge in [0, 0.05) is 11.3 Å². The highest BCUT2D eigenvalue weighted by Crippen LogP contribution is 2.32. The van der Waals surface area contributed by atoms with Gasteiger partial charge in [0.25, 0.3) is 11.8 Å². The Morgan fingerprint density at radius 1 is 1.13 bits per heavy atom. The summed E-state index contributed by atoms with van der Waals surface area (Å²) in [4.78, 5) is 24.3. The molecule has 2 aromatic carbocycles. The Labute approximate surface area is 178 Å². The van der Waals surface area contributed by atoms with Gasteiger partial charge >= 0.3 is 0 Å². The standard InChI is InChI=1S/C21H19N3O6S/c1-13-20(25)24-18-11-15(6-9-19(18)30-13)23-21(26)14-4-7-17(8-5-14)31(27,28)22-12-16-3-2-10-29-16/h2-11,13,22H,12H2,1H3,(H,23,26)(H,24,25)/t13-/m0/s1. The number of hydrogen-bond donors (Lipinski definition) is 3. The van der Waals surface area contributed by atoms with Gasteiger partial charge in [0.2, 0.25) is 10.0 Å². The van der Waals surface area contributed by atoms with Gasteiger partial charge in [-0.15, -0.1) is 0 Å². The second kappa shape index (κ2) is 8.25. The lowest BCUT2D eigenvalue weighted by atomic mass is 10.2. The first-order chi connectivity index (χ1) is 14.8. The summed E-state index contributed by atoms with van der Waals surface area (Å²) in [6, 6.07) is 13.8. The number of furan rings is 1. The summed E-state index contributed by atoms with van der Waals surface area (Å²) in [7, 11) is -3.75. The number of ether oxygens (including phenoxy) is 1. The van der Waals surface area contributed by atoms with Gasteiger partial charge in [0.1, 0.15) is 11.5 Å². The minimum atomic E-state index is -3.75. The highest BCUT2D eigenvalue weighted by molar-refractivity contribution is 7.89. The lowest BCUT2D eigenvalue weighted by Gasteiger charge is -2.23. The van der Waals surface area contributed by atoms with Crippen LogP contribution >= 0.6 is 0 Å². The molecule has 4 rings (SSSR count). The van der Waals surface area contributed by atoms with Crippen LogP contribution in [0.5, 0.6) is 5.75 Å². The number of rotatable bonds is 6. The van der Waals surface area contributed by atoms with Gasteiger partial charge in [0.15, 0.2) is 6.10 Å². The Morgan fingerprint density at radius 2 is 1.90 bits per heavy atom. The zero-order chi connectivity index (χ0) is 22.0. The summed E-state index contributed by atoms with van der Waals surface area (Å²) >= 11 is 0. The van der Waals surface area contributed by atoms with Gasteiger partial charge < -0.3 is 19.8 Å². The highest BCUT2D eigenvalue weighted by Gasteiger charge is 2.23. The monoisotopic (exact) mass is 441 g/mol. The number of amides is 2. The van der Waals surface area contributed by atoms with Crippen LogP contribution in [0.2, 0.25) is 0 Å². The maximum absolute atomic E-state index is 12.5. The molecular weight excluding hydrogens is 422 g/mol. The Bertz CT molecular complexity index is 1220. The van der Waals surface area contributed by atoms with Crippen LogP contribution in [0.25, 0.3) is 0 Å². The van der Waals surface area contributed by atoms with E-state index in [1.54, 1.807) is 37.3 Å². The van der Waals surface area contributed by atoms with Crippen LogP contribution in [-0.2, 0) is 21.4 Å². The third-order valence-corrected chi connectivity index (χ3v) is 6.03. The molecule has 0 aliphatic carbocycles. The van der Waals surface area contributed by atoms with E-state index in [0.29, 0.717) is 22.9 Å². The van der Waals surface area contributed by atoms with E-state index in [1.807, 2.05) is 0 Å². The molecule has 10 heteroatoms. The molecule has 1 aromatic heterocycles. The van der Waals surface area contributed by atoms with E-state index in [-0.39, 0.29) is 22.9 Å². The summed E-state index contributed by atoms with van der Waals surface area (Å²) in [6.07, 6.45) is 0.873. The van der Waals surface area contributed by atoms with E-state index in [9.17, 15) is 18.0 Å². The van der Waals surface area contributed by atoms with Crippen LogP contribution in [0, 0.1) is 0 Å². The van der Waals surface area contributed by atoms with Crippen LogP contribution in [0.4, 0.5) is 11.4 Å². The average molecular weight is 441 g/mol. The molecule has 2 heterocycles. The van der Waals surface area contributed by atoms with Crippen molar-refractivity contribution in [1.29, 1.82) is 0 Å². The summed E-state index contributed by atoms with van der Waals surface area (Å²) in [6.45, 7) is 1.67. The van der Waals surface area contributed by atoms with Gasteiger partial charge in [-0.05, 0) is 61.5 Å². The lowest BCUT2D eigenvalue weighted by Crippen LogP contribution is -2.34. The van der Waals surface area contributed by atoms with E-state index in [2.05, 4.69) is 15.4 Å². The topological polar surface area (TPSA) is 127 Å². The van der Waals surface area contributed by atoms with Crippen LogP contribution in [0.1, 0.15) is 23.0 Å². The molecule has 0 bridgehead atoms. The normalized spacial score (nSPS) is 15.5. The quantitative estimate of drug-likeness (QED) is 0.540. The van der Waals surface area contributed by atoms with Crippen LogP contribution in [0.15, 0.2) is 70.2 Å². The van der Waals surface area contributed by atoms with E-state index in [1.165, 1.54) is 30.5 Å². The number of fused-ring (bicyclic) bond motifs is 1. The summed E-state index contributed by atoms with van der Waals surface area (Å²) in [5.41, 5.74) is 1.20. The van der Waals surface area contributed by atoms with Gasteiger partial charge in [-0.1, -0.05) is 0 Å². The number of sulfonamides is 1. The second-order valence-electron chi connectivity index (χ2n) is 6.84. The molecule has 0 saturated carbocycles. The van der Waals surface area contributed by atoms with Crippen molar-refractivity contribution in [3.63, 3.8) is 0 Å². The molecule has 0 unspecified atom stereocenters. The SMILES string of the molecule is C[C@@H]1Oc2ccc(NC(=O)c3ccc(S(=O)(=O)NCc4ccco4)cc3)cc2NC1=O. The molecule has 31 heavy (non-hydrogen) atoms. The van der Waals surface area contributed by atoms with Crippen molar-refractivity contribution in [2.75, 3.05) is 10.6 Å². The zero-order valence-electron chi connectivity index (χ0n) is 16.4. The number of nitrogens with one attached hydrogen (secondary N) is 3. The molecule has 3 N–H and O–H groups in total. The van der Waals surface area contributed by atoms with Crippen molar-refractivity contribution < 1.29 is 27.2 Å². The number of hydrogen-bond acceptors (Lipinski definition) is 6. The van der Waals surface area contributed by atoms with E-state index < -0.39 is 22.0 Å². The van der Waals surface area contributed by atoms with Gasteiger partial charge in [-0.3, -0.25) is 9.59 Å². The summed E-state index contributed by atoms with van der Waals surface area (Å²) in [5.74, 6) is 0.305. The highest BCUT2D eigenvalue weighted by atomic mass is 32.2. The minimum absolute atomic E-state index is 0.0227. The average Bonchev–Trinajstić information content (AvgIpc) is 3.27. The first kappa shape index (κ1) is 20.6. The van der Waals surface area contributed by atoms with E-state index in [0.717, 1.165) is 0 Å². The van der Waals surface area contributed by atoms with Crippen LogP contribution < -0.4 is 20.1 Å². The van der Waals surface area contributed by atoms with Crippen molar-refractivity contribution in [2.24, 2.45) is 0 Å². The second-order valence-corrected chi connectivity index (χ2v) is 8.61. The molecule has 0 radical (unpaired) electrons. The lowest BCUT2D eigenvalue weighted by molar-refractivity contribution is -0.122.